The smallest absolute Gasteiger partial charge is 0.230 e. The maximum Gasteiger partial charge on any atom is 0.230 e. The minimum absolute atomic E-state index is 0.0335. The van der Waals surface area contributed by atoms with Crippen molar-refractivity contribution in [2.45, 2.75) is 17.7 Å². The van der Waals surface area contributed by atoms with E-state index < -0.39 is 0 Å². The molecule has 4 N–H and O–H groups in total. The highest BCUT2D eigenvalue weighted by molar-refractivity contribution is 8.01. The number of aromatic amines is 1. The molecule has 0 fully saturated rings. The largest absolute Gasteiger partial charge is 0.497 e. The number of aryl methyl sites for hydroxylation is 1. The lowest BCUT2D eigenvalue weighted by atomic mass is 10.1. The van der Waals surface area contributed by atoms with Gasteiger partial charge >= 0.3 is 0 Å². The summed E-state index contributed by atoms with van der Waals surface area (Å²) in [5, 5.41) is 12.1. The molecule has 25 heavy (non-hydrogen) atoms. The number of hydrogen-bond donors (Lipinski definition) is 3. The van der Waals surface area contributed by atoms with E-state index in [0.29, 0.717) is 21.8 Å². The summed E-state index contributed by atoms with van der Waals surface area (Å²) >= 11 is 2.62. The molecule has 7 nitrogen and oxygen atoms in total. The number of benzene rings is 1. The number of rotatable bonds is 7. The second-order valence-corrected chi connectivity index (χ2v) is 7.67. The number of nitrogen functional groups attached to an aromatic ring is 1. The van der Waals surface area contributed by atoms with Gasteiger partial charge in [0.05, 0.1) is 12.9 Å². The number of nitrogens with two attached hydrogens (primary N) is 1. The van der Waals surface area contributed by atoms with Gasteiger partial charge in [0.1, 0.15) is 5.75 Å². The molecule has 0 radical (unpaired) electrons. The van der Waals surface area contributed by atoms with Gasteiger partial charge in [0.25, 0.3) is 0 Å². The van der Waals surface area contributed by atoms with Gasteiger partial charge in [-0.3, -0.25) is 4.79 Å². The maximum atomic E-state index is 12.0. The minimum atomic E-state index is -0.0335. The second kappa shape index (κ2) is 7.75. The highest BCUT2D eigenvalue weighted by Gasteiger charge is 2.11. The number of fused-ring (bicyclic) bond motifs is 1. The normalized spacial score (nSPS) is 11.0. The van der Waals surface area contributed by atoms with Gasteiger partial charge in [0.2, 0.25) is 11.0 Å². The summed E-state index contributed by atoms with van der Waals surface area (Å²) in [6, 6.07) is 5.96. The lowest BCUT2D eigenvalue weighted by Gasteiger charge is -2.06. The standard InChI is InChI=1S/C16H19N5O2S2/c1-9-11(12-7-10(23-2)3-4-13(12)19-9)5-6-18-14(22)8-24-16-21-20-15(17)25-16/h3-4,7,19H,5-6,8H2,1-2H3,(H2,17,20)(H,18,22). The van der Waals surface area contributed by atoms with Gasteiger partial charge in [-0.05, 0) is 37.1 Å². The monoisotopic (exact) mass is 377 g/mol. The van der Waals surface area contributed by atoms with Crippen LogP contribution in [0.25, 0.3) is 10.9 Å². The molecule has 132 valence electrons. The Morgan fingerprint density at radius 2 is 2.28 bits per heavy atom. The first-order valence-corrected chi connectivity index (χ1v) is 9.50. The van der Waals surface area contributed by atoms with Gasteiger partial charge in [-0.1, -0.05) is 23.1 Å². The maximum absolute atomic E-state index is 12.0. The number of carbonyl (C=O) groups excluding carboxylic acids is 1. The second-order valence-electron chi connectivity index (χ2n) is 5.43. The van der Waals surface area contributed by atoms with Crippen LogP contribution in [-0.2, 0) is 11.2 Å². The fourth-order valence-corrected chi connectivity index (χ4v) is 4.06. The average molecular weight is 377 g/mol. The van der Waals surface area contributed by atoms with E-state index in [1.165, 1.54) is 28.7 Å². The van der Waals surface area contributed by atoms with Crippen molar-refractivity contribution in [3.8, 4) is 5.75 Å². The molecule has 0 spiro atoms. The van der Waals surface area contributed by atoms with Crippen molar-refractivity contribution in [1.29, 1.82) is 0 Å². The molecule has 0 atom stereocenters. The van der Waals surface area contributed by atoms with Crippen molar-refractivity contribution in [3.05, 3.63) is 29.5 Å². The molecule has 3 rings (SSSR count). The van der Waals surface area contributed by atoms with Crippen molar-refractivity contribution in [1.82, 2.24) is 20.5 Å². The Kier molecular flexibility index (Phi) is 5.44. The summed E-state index contributed by atoms with van der Waals surface area (Å²) in [5.41, 5.74) is 8.89. The Bertz CT molecular complexity index is 890. The summed E-state index contributed by atoms with van der Waals surface area (Å²) in [4.78, 5) is 15.3. The Morgan fingerprint density at radius 1 is 1.44 bits per heavy atom. The Morgan fingerprint density at radius 3 is 3.00 bits per heavy atom. The van der Waals surface area contributed by atoms with E-state index in [9.17, 15) is 4.79 Å². The zero-order valence-electron chi connectivity index (χ0n) is 14.0. The molecule has 9 heteroatoms. The summed E-state index contributed by atoms with van der Waals surface area (Å²) in [6.07, 6.45) is 0.751. The molecular weight excluding hydrogens is 358 g/mol. The molecule has 0 aliphatic heterocycles. The molecule has 0 unspecified atom stereocenters. The van der Waals surface area contributed by atoms with Crippen LogP contribution < -0.4 is 15.8 Å². The van der Waals surface area contributed by atoms with E-state index in [0.717, 1.165) is 28.8 Å². The van der Waals surface area contributed by atoms with E-state index in [4.69, 9.17) is 10.5 Å². The van der Waals surface area contributed by atoms with Crippen LogP contribution in [0.1, 0.15) is 11.3 Å². The fourth-order valence-electron chi connectivity index (χ4n) is 2.59. The molecule has 2 aromatic heterocycles. The van der Waals surface area contributed by atoms with Crippen LogP contribution in [0.4, 0.5) is 5.13 Å². The van der Waals surface area contributed by atoms with Gasteiger partial charge in [-0.15, -0.1) is 10.2 Å². The number of carbonyl (C=O) groups is 1. The molecular formula is C16H19N5O2S2. The number of thioether (sulfide) groups is 1. The molecule has 0 saturated carbocycles. The van der Waals surface area contributed by atoms with Crippen LogP contribution in [0.5, 0.6) is 5.75 Å². The third-order valence-corrected chi connectivity index (χ3v) is 5.66. The van der Waals surface area contributed by atoms with Gasteiger partial charge < -0.3 is 20.8 Å². The highest BCUT2D eigenvalue weighted by Crippen LogP contribution is 2.26. The highest BCUT2D eigenvalue weighted by atomic mass is 32.2. The molecule has 2 heterocycles. The summed E-state index contributed by atoms with van der Waals surface area (Å²) in [5.74, 6) is 1.09. The number of H-pyrrole nitrogens is 1. The number of nitrogens with zero attached hydrogens (tertiary/aromatic N) is 2. The van der Waals surface area contributed by atoms with Gasteiger partial charge in [0, 0.05) is 23.1 Å². The first kappa shape index (κ1) is 17.6. The van der Waals surface area contributed by atoms with E-state index in [-0.39, 0.29) is 5.91 Å². The zero-order valence-corrected chi connectivity index (χ0v) is 15.6. The Labute approximate surface area is 153 Å². The van der Waals surface area contributed by atoms with Crippen molar-refractivity contribution < 1.29 is 9.53 Å². The SMILES string of the molecule is COc1ccc2[nH]c(C)c(CCNC(=O)CSc3nnc(N)s3)c2c1. The number of methoxy groups -OCH3 is 1. The summed E-state index contributed by atoms with van der Waals surface area (Å²) < 4.78 is 6.00. The van der Waals surface area contributed by atoms with E-state index in [1.807, 2.05) is 25.1 Å². The number of amides is 1. The summed E-state index contributed by atoms with van der Waals surface area (Å²) in [6.45, 7) is 2.61. The van der Waals surface area contributed by atoms with E-state index in [1.54, 1.807) is 7.11 Å². The zero-order chi connectivity index (χ0) is 17.8. The topological polar surface area (TPSA) is 106 Å². The molecule has 1 aromatic carbocycles. The predicted octanol–water partition coefficient (Wildman–Crippen LogP) is 2.37. The predicted molar refractivity (Wildman–Crippen MR) is 101 cm³/mol. The van der Waals surface area contributed by atoms with Crippen LogP contribution in [0.3, 0.4) is 0 Å². The molecule has 0 bridgehead atoms. The number of hydrogen-bond acceptors (Lipinski definition) is 7. The summed E-state index contributed by atoms with van der Waals surface area (Å²) in [7, 11) is 1.66. The Balaban J connectivity index is 1.55. The van der Waals surface area contributed by atoms with Crippen molar-refractivity contribution in [3.63, 3.8) is 0 Å². The lowest BCUT2D eigenvalue weighted by Crippen LogP contribution is -2.27. The van der Waals surface area contributed by atoms with Crippen LogP contribution in [0.2, 0.25) is 0 Å². The van der Waals surface area contributed by atoms with E-state index in [2.05, 4.69) is 20.5 Å². The lowest BCUT2D eigenvalue weighted by molar-refractivity contribution is -0.118. The van der Waals surface area contributed by atoms with Gasteiger partial charge in [-0.2, -0.15) is 0 Å². The minimum Gasteiger partial charge on any atom is -0.497 e. The first-order valence-electron chi connectivity index (χ1n) is 7.70. The van der Waals surface area contributed by atoms with Crippen LogP contribution in [-0.4, -0.2) is 40.5 Å². The molecule has 0 aliphatic carbocycles. The number of anilines is 1. The van der Waals surface area contributed by atoms with Crippen molar-refractivity contribution in [2.24, 2.45) is 0 Å². The van der Waals surface area contributed by atoms with Gasteiger partial charge in [0.15, 0.2) is 4.34 Å². The van der Waals surface area contributed by atoms with E-state index >= 15 is 0 Å². The fraction of sp³-hybridized carbons (Fsp3) is 0.312. The number of aromatic nitrogens is 3. The molecule has 3 aromatic rings. The molecule has 1 amide bonds. The van der Waals surface area contributed by atoms with Crippen LogP contribution in [0, 0.1) is 6.92 Å². The van der Waals surface area contributed by atoms with Crippen LogP contribution >= 0.6 is 23.1 Å². The third kappa shape index (κ3) is 4.23. The molecule has 0 saturated heterocycles. The van der Waals surface area contributed by atoms with Gasteiger partial charge in [-0.25, -0.2) is 0 Å². The number of ether oxygens (including phenoxy) is 1. The Hall–Kier alpha value is -2.26. The van der Waals surface area contributed by atoms with Crippen molar-refractivity contribution in [2.75, 3.05) is 25.1 Å². The third-order valence-electron chi connectivity index (χ3n) is 3.77. The quantitative estimate of drug-likeness (QED) is 0.546. The average Bonchev–Trinajstić information content (AvgIpc) is 3.15. The molecule has 0 aliphatic rings. The number of nitrogens with one attached hydrogen (secondary N) is 2. The van der Waals surface area contributed by atoms with Crippen LogP contribution in [0.15, 0.2) is 22.5 Å². The first-order chi connectivity index (χ1) is 12.1. The van der Waals surface area contributed by atoms with Crippen molar-refractivity contribution >= 4 is 45.0 Å².